The van der Waals surface area contributed by atoms with Crippen LogP contribution in [-0.2, 0) is 11.3 Å². The van der Waals surface area contributed by atoms with Gasteiger partial charge in [0.2, 0.25) is 0 Å². The van der Waals surface area contributed by atoms with Gasteiger partial charge in [0.15, 0.2) is 5.75 Å². The number of phenolic OH excluding ortho intramolecular Hbond substituents is 1. The molecule has 112 valence electrons. The number of benzene rings is 1. The molecule has 1 amide bonds. The van der Waals surface area contributed by atoms with Gasteiger partial charge in [-0.05, 0) is 24.3 Å². The SMILES string of the molecule is COCCn1cccc1C(=O)Nc1cc(Cl)c(O)c(Cl)c1. The average molecular weight is 329 g/mol. The van der Waals surface area contributed by atoms with Crippen LogP contribution in [0.4, 0.5) is 5.69 Å². The number of aromatic hydroxyl groups is 1. The standard InChI is InChI=1S/C14H14Cl2N2O3/c1-21-6-5-18-4-2-3-12(18)14(20)17-9-7-10(15)13(19)11(16)8-9/h2-4,7-8,19H,5-6H2,1H3,(H,17,20). The number of nitrogens with one attached hydrogen (secondary N) is 1. The molecule has 5 nitrogen and oxygen atoms in total. The zero-order chi connectivity index (χ0) is 15.4. The topological polar surface area (TPSA) is 63.5 Å². The molecule has 0 saturated carbocycles. The van der Waals surface area contributed by atoms with Crippen LogP contribution < -0.4 is 5.32 Å². The number of ether oxygens (including phenoxy) is 1. The molecule has 7 heteroatoms. The summed E-state index contributed by atoms with van der Waals surface area (Å²) in [6.07, 6.45) is 1.80. The number of nitrogens with zero attached hydrogens (tertiary/aromatic N) is 1. The number of carbonyl (C=O) groups excluding carboxylic acids is 1. The van der Waals surface area contributed by atoms with E-state index in [4.69, 9.17) is 27.9 Å². The van der Waals surface area contributed by atoms with E-state index in [2.05, 4.69) is 5.32 Å². The van der Waals surface area contributed by atoms with Crippen molar-refractivity contribution in [3.05, 3.63) is 46.2 Å². The highest BCUT2D eigenvalue weighted by molar-refractivity contribution is 6.37. The molecule has 0 aliphatic heterocycles. The van der Waals surface area contributed by atoms with E-state index in [9.17, 15) is 9.90 Å². The van der Waals surface area contributed by atoms with Crippen molar-refractivity contribution in [1.29, 1.82) is 0 Å². The third-order valence-electron chi connectivity index (χ3n) is 2.87. The van der Waals surface area contributed by atoms with Crippen molar-refractivity contribution in [3.8, 4) is 5.75 Å². The molecule has 0 atom stereocenters. The fourth-order valence-corrected chi connectivity index (χ4v) is 2.32. The molecule has 21 heavy (non-hydrogen) atoms. The molecule has 1 heterocycles. The van der Waals surface area contributed by atoms with E-state index in [1.807, 2.05) is 0 Å². The number of phenols is 1. The Balaban J connectivity index is 2.17. The lowest BCUT2D eigenvalue weighted by Crippen LogP contribution is -2.18. The van der Waals surface area contributed by atoms with Gasteiger partial charge in [0.25, 0.3) is 5.91 Å². The van der Waals surface area contributed by atoms with Crippen molar-refractivity contribution in [1.82, 2.24) is 4.57 Å². The van der Waals surface area contributed by atoms with E-state index in [-0.39, 0.29) is 21.7 Å². The Hall–Kier alpha value is -1.69. The Bertz CT molecular complexity index is 632. The second-order valence-electron chi connectivity index (χ2n) is 4.32. The smallest absolute Gasteiger partial charge is 0.272 e. The monoisotopic (exact) mass is 328 g/mol. The molecule has 0 aliphatic carbocycles. The van der Waals surface area contributed by atoms with Gasteiger partial charge < -0.3 is 19.7 Å². The minimum absolute atomic E-state index is 0.0764. The minimum Gasteiger partial charge on any atom is -0.505 e. The van der Waals surface area contributed by atoms with E-state index in [0.29, 0.717) is 24.5 Å². The maximum atomic E-state index is 12.2. The summed E-state index contributed by atoms with van der Waals surface area (Å²) in [5.74, 6) is -0.506. The van der Waals surface area contributed by atoms with Gasteiger partial charge in [0, 0.05) is 25.5 Å². The number of carbonyl (C=O) groups is 1. The molecule has 0 saturated heterocycles. The molecule has 1 aromatic heterocycles. The first kappa shape index (κ1) is 15.7. The van der Waals surface area contributed by atoms with Gasteiger partial charge in [-0.15, -0.1) is 0 Å². The summed E-state index contributed by atoms with van der Waals surface area (Å²) in [6.45, 7) is 1.08. The molecule has 0 fully saturated rings. The second-order valence-corrected chi connectivity index (χ2v) is 5.14. The summed E-state index contributed by atoms with van der Waals surface area (Å²) in [5.41, 5.74) is 0.902. The maximum absolute atomic E-state index is 12.2. The number of halogens is 2. The van der Waals surface area contributed by atoms with Gasteiger partial charge in [-0.1, -0.05) is 23.2 Å². The molecule has 1 aromatic carbocycles. The van der Waals surface area contributed by atoms with Crippen LogP contribution in [0.15, 0.2) is 30.5 Å². The van der Waals surface area contributed by atoms with Gasteiger partial charge >= 0.3 is 0 Å². The fraction of sp³-hybridized carbons (Fsp3) is 0.214. The first-order valence-corrected chi connectivity index (χ1v) is 6.92. The average Bonchev–Trinajstić information content (AvgIpc) is 2.90. The highest BCUT2D eigenvalue weighted by Gasteiger charge is 2.13. The summed E-state index contributed by atoms with van der Waals surface area (Å²) in [7, 11) is 1.60. The van der Waals surface area contributed by atoms with Gasteiger partial charge in [0.05, 0.1) is 16.7 Å². The Labute approximate surface area is 132 Å². The summed E-state index contributed by atoms with van der Waals surface area (Å²) in [6, 6.07) is 6.35. The van der Waals surface area contributed by atoms with E-state index in [0.717, 1.165) is 0 Å². The third kappa shape index (κ3) is 3.69. The Kier molecular flexibility index (Phi) is 5.12. The number of rotatable bonds is 5. The third-order valence-corrected chi connectivity index (χ3v) is 3.45. The van der Waals surface area contributed by atoms with Gasteiger partial charge in [0.1, 0.15) is 5.69 Å². The molecule has 0 aliphatic rings. The lowest BCUT2D eigenvalue weighted by atomic mass is 10.3. The number of amides is 1. The van der Waals surface area contributed by atoms with Crippen molar-refractivity contribution < 1.29 is 14.6 Å². The predicted octanol–water partition coefficient (Wildman–Crippen LogP) is 3.40. The lowest BCUT2D eigenvalue weighted by molar-refractivity contribution is 0.101. The zero-order valence-electron chi connectivity index (χ0n) is 11.3. The van der Waals surface area contributed by atoms with Crippen LogP contribution in [0.1, 0.15) is 10.5 Å². The molecule has 2 aromatic rings. The van der Waals surface area contributed by atoms with Crippen molar-refractivity contribution in [3.63, 3.8) is 0 Å². The quantitative estimate of drug-likeness (QED) is 0.827. The van der Waals surface area contributed by atoms with Crippen LogP contribution in [0.3, 0.4) is 0 Å². The summed E-state index contributed by atoms with van der Waals surface area (Å²) in [4.78, 5) is 12.2. The Morgan fingerprint density at radius 1 is 1.38 bits per heavy atom. The Morgan fingerprint density at radius 3 is 2.67 bits per heavy atom. The van der Waals surface area contributed by atoms with E-state index >= 15 is 0 Å². The second kappa shape index (κ2) is 6.85. The van der Waals surface area contributed by atoms with Crippen LogP contribution in [-0.4, -0.2) is 29.3 Å². The van der Waals surface area contributed by atoms with E-state index < -0.39 is 0 Å². The molecule has 0 radical (unpaired) electrons. The van der Waals surface area contributed by atoms with E-state index in [1.165, 1.54) is 12.1 Å². The van der Waals surface area contributed by atoms with E-state index in [1.54, 1.807) is 30.0 Å². The fourth-order valence-electron chi connectivity index (χ4n) is 1.84. The molecule has 2 rings (SSSR count). The summed E-state index contributed by atoms with van der Waals surface area (Å²) in [5, 5.41) is 12.3. The summed E-state index contributed by atoms with van der Waals surface area (Å²) >= 11 is 11.6. The highest BCUT2D eigenvalue weighted by Crippen LogP contribution is 2.34. The highest BCUT2D eigenvalue weighted by atomic mass is 35.5. The number of aromatic nitrogens is 1. The largest absolute Gasteiger partial charge is 0.505 e. The molecular formula is C14H14Cl2N2O3. The van der Waals surface area contributed by atoms with Gasteiger partial charge in [-0.3, -0.25) is 4.79 Å². The number of hydrogen-bond donors (Lipinski definition) is 2. The van der Waals surface area contributed by atoms with Crippen LogP contribution in [0.5, 0.6) is 5.75 Å². The normalized spacial score (nSPS) is 10.6. The van der Waals surface area contributed by atoms with Crippen LogP contribution >= 0.6 is 23.2 Å². The molecular weight excluding hydrogens is 315 g/mol. The number of anilines is 1. The lowest BCUT2D eigenvalue weighted by Gasteiger charge is -2.10. The molecule has 0 bridgehead atoms. The first-order valence-electron chi connectivity index (χ1n) is 6.16. The van der Waals surface area contributed by atoms with Crippen molar-refractivity contribution in [2.24, 2.45) is 0 Å². The molecule has 0 unspecified atom stereocenters. The predicted molar refractivity (Wildman–Crippen MR) is 82.4 cm³/mol. The van der Waals surface area contributed by atoms with Crippen molar-refractivity contribution in [2.75, 3.05) is 19.0 Å². The van der Waals surface area contributed by atoms with Gasteiger partial charge in [-0.25, -0.2) is 0 Å². The van der Waals surface area contributed by atoms with Crippen LogP contribution in [0.25, 0.3) is 0 Å². The number of methoxy groups -OCH3 is 1. The van der Waals surface area contributed by atoms with Gasteiger partial charge in [-0.2, -0.15) is 0 Å². The zero-order valence-corrected chi connectivity index (χ0v) is 12.8. The Morgan fingerprint density at radius 2 is 2.05 bits per heavy atom. The summed E-state index contributed by atoms with van der Waals surface area (Å²) < 4.78 is 6.78. The van der Waals surface area contributed by atoms with Crippen LogP contribution in [0, 0.1) is 0 Å². The first-order chi connectivity index (χ1) is 10.0. The van der Waals surface area contributed by atoms with Crippen molar-refractivity contribution in [2.45, 2.75) is 6.54 Å². The minimum atomic E-state index is -0.297. The maximum Gasteiger partial charge on any atom is 0.272 e. The molecule has 0 spiro atoms. The van der Waals surface area contributed by atoms with Crippen molar-refractivity contribution >= 4 is 34.8 Å². The van der Waals surface area contributed by atoms with Crippen LogP contribution in [0.2, 0.25) is 10.0 Å². The number of hydrogen-bond acceptors (Lipinski definition) is 3. The molecule has 2 N–H and O–H groups in total.